The minimum Gasteiger partial charge on any atom is -0.211 e. The number of benzene rings is 2. The van der Waals surface area contributed by atoms with E-state index in [1.165, 1.54) is 0 Å². The van der Waals surface area contributed by atoms with Gasteiger partial charge in [0.15, 0.2) is 0 Å². The van der Waals surface area contributed by atoms with E-state index in [2.05, 4.69) is 9.98 Å². The number of isocyanates is 2. The zero-order chi connectivity index (χ0) is 15.6. The lowest BCUT2D eigenvalue weighted by atomic mass is 10.0. The minimum absolute atomic E-state index is 0.684. The molecule has 0 saturated heterocycles. The van der Waals surface area contributed by atoms with Crippen molar-refractivity contribution in [2.45, 2.75) is 25.7 Å². The summed E-state index contributed by atoms with van der Waals surface area (Å²) < 4.78 is 0. The lowest BCUT2D eigenvalue weighted by Crippen LogP contribution is -1.90. The van der Waals surface area contributed by atoms with Gasteiger partial charge in [0.05, 0.1) is 11.4 Å². The molecule has 0 amide bonds. The van der Waals surface area contributed by atoms with Crippen molar-refractivity contribution >= 4 is 23.5 Å². The first kappa shape index (κ1) is 15.6. The van der Waals surface area contributed by atoms with Crippen LogP contribution in [0.3, 0.4) is 0 Å². The van der Waals surface area contributed by atoms with Gasteiger partial charge in [-0.25, -0.2) is 9.59 Å². The number of rotatable bonds is 7. The molecule has 0 saturated carbocycles. The van der Waals surface area contributed by atoms with E-state index >= 15 is 0 Å². The number of para-hydroxylation sites is 2. The van der Waals surface area contributed by atoms with Crippen molar-refractivity contribution in [3.05, 3.63) is 59.7 Å². The second-order valence-electron chi connectivity index (χ2n) is 4.87. The van der Waals surface area contributed by atoms with Crippen LogP contribution in [0.4, 0.5) is 11.4 Å². The Kier molecular flexibility index (Phi) is 6.01. The zero-order valence-electron chi connectivity index (χ0n) is 12.2. The van der Waals surface area contributed by atoms with Gasteiger partial charge in [-0.1, -0.05) is 36.4 Å². The zero-order valence-corrected chi connectivity index (χ0v) is 12.2. The van der Waals surface area contributed by atoms with Crippen LogP contribution in [0.25, 0.3) is 0 Å². The van der Waals surface area contributed by atoms with Crippen LogP contribution in [0, 0.1) is 0 Å². The van der Waals surface area contributed by atoms with Gasteiger partial charge in [0.1, 0.15) is 0 Å². The number of hydrogen-bond acceptors (Lipinski definition) is 4. The molecule has 0 aromatic heterocycles. The van der Waals surface area contributed by atoms with Gasteiger partial charge in [0, 0.05) is 0 Å². The predicted molar refractivity (Wildman–Crippen MR) is 85.1 cm³/mol. The summed E-state index contributed by atoms with van der Waals surface area (Å²) in [5.74, 6) is 0. The SMILES string of the molecule is O=C=Nc1ccccc1CCCCc1ccccc1N=C=O. The maximum Gasteiger partial charge on any atom is 0.240 e. The summed E-state index contributed by atoms with van der Waals surface area (Å²) in [4.78, 5) is 28.3. The first-order valence-electron chi connectivity index (χ1n) is 7.16. The molecular formula is C18H16N2O2. The van der Waals surface area contributed by atoms with Crippen LogP contribution < -0.4 is 0 Å². The fraction of sp³-hybridized carbons (Fsp3) is 0.222. The summed E-state index contributed by atoms with van der Waals surface area (Å²) in [6.07, 6.45) is 6.80. The van der Waals surface area contributed by atoms with E-state index < -0.39 is 0 Å². The Morgan fingerprint density at radius 2 is 1.09 bits per heavy atom. The van der Waals surface area contributed by atoms with Gasteiger partial charge in [-0.15, -0.1) is 0 Å². The van der Waals surface area contributed by atoms with Gasteiger partial charge in [0.2, 0.25) is 12.2 Å². The highest BCUT2D eigenvalue weighted by Crippen LogP contribution is 2.23. The van der Waals surface area contributed by atoms with Crippen LogP contribution in [-0.4, -0.2) is 12.2 Å². The monoisotopic (exact) mass is 292 g/mol. The van der Waals surface area contributed by atoms with E-state index in [9.17, 15) is 9.59 Å². The van der Waals surface area contributed by atoms with Crippen LogP contribution in [-0.2, 0) is 22.4 Å². The quantitative estimate of drug-likeness (QED) is 0.436. The highest BCUT2D eigenvalue weighted by Gasteiger charge is 2.03. The molecule has 0 radical (unpaired) electrons. The van der Waals surface area contributed by atoms with Crippen molar-refractivity contribution in [3.8, 4) is 0 Å². The number of unbranched alkanes of at least 4 members (excludes halogenated alkanes) is 1. The van der Waals surface area contributed by atoms with Crippen molar-refractivity contribution in [1.82, 2.24) is 0 Å². The minimum atomic E-state index is 0.684. The van der Waals surface area contributed by atoms with Crippen molar-refractivity contribution in [3.63, 3.8) is 0 Å². The van der Waals surface area contributed by atoms with Crippen LogP contribution in [0.15, 0.2) is 58.5 Å². The Balaban J connectivity index is 1.93. The van der Waals surface area contributed by atoms with Gasteiger partial charge in [0.25, 0.3) is 0 Å². The van der Waals surface area contributed by atoms with E-state index in [-0.39, 0.29) is 0 Å². The summed E-state index contributed by atoms with van der Waals surface area (Å²) in [6, 6.07) is 15.2. The van der Waals surface area contributed by atoms with Crippen LogP contribution in [0.5, 0.6) is 0 Å². The molecule has 0 heterocycles. The molecule has 0 aliphatic carbocycles. The lowest BCUT2D eigenvalue weighted by Gasteiger charge is -2.06. The molecule has 110 valence electrons. The highest BCUT2D eigenvalue weighted by atomic mass is 16.1. The Bertz CT molecular complexity index is 664. The summed E-state index contributed by atoms with van der Waals surface area (Å²) >= 11 is 0. The molecule has 22 heavy (non-hydrogen) atoms. The number of nitrogens with zero attached hydrogens (tertiary/aromatic N) is 2. The molecule has 0 fully saturated rings. The third-order valence-corrected chi connectivity index (χ3v) is 3.46. The molecule has 0 spiro atoms. The molecule has 0 bridgehead atoms. The Labute approximate surface area is 129 Å². The maximum atomic E-state index is 10.4. The topological polar surface area (TPSA) is 58.9 Å². The van der Waals surface area contributed by atoms with Gasteiger partial charge in [-0.3, -0.25) is 0 Å². The molecule has 0 atom stereocenters. The number of hydrogen-bond donors (Lipinski definition) is 0. The summed E-state index contributed by atoms with van der Waals surface area (Å²) in [6.45, 7) is 0. The maximum absolute atomic E-state index is 10.4. The Morgan fingerprint density at radius 3 is 1.50 bits per heavy atom. The number of carbonyl (C=O) groups excluding carboxylic acids is 2. The van der Waals surface area contributed by atoms with Crippen molar-refractivity contribution in [2.75, 3.05) is 0 Å². The highest BCUT2D eigenvalue weighted by molar-refractivity contribution is 5.54. The first-order chi connectivity index (χ1) is 10.8. The van der Waals surface area contributed by atoms with E-state index in [1.807, 2.05) is 48.5 Å². The van der Waals surface area contributed by atoms with Crippen LogP contribution >= 0.6 is 0 Å². The second-order valence-corrected chi connectivity index (χ2v) is 4.87. The third kappa shape index (κ3) is 4.35. The van der Waals surface area contributed by atoms with Gasteiger partial charge in [-0.05, 0) is 48.9 Å². The molecule has 2 aromatic rings. The molecule has 0 aliphatic rings. The number of aryl methyl sites for hydroxylation is 2. The van der Waals surface area contributed by atoms with E-state index in [4.69, 9.17) is 0 Å². The molecule has 2 rings (SSSR count). The largest absolute Gasteiger partial charge is 0.240 e. The fourth-order valence-corrected chi connectivity index (χ4v) is 2.39. The Hall–Kier alpha value is -2.80. The second kappa shape index (κ2) is 8.48. The van der Waals surface area contributed by atoms with Crippen molar-refractivity contribution in [2.24, 2.45) is 9.98 Å². The summed E-state index contributed by atoms with van der Waals surface area (Å²) in [7, 11) is 0. The molecule has 0 N–H and O–H groups in total. The van der Waals surface area contributed by atoms with Gasteiger partial charge < -0.3 is 0 Å². The smallest absolute Gasteiger partial charge is 0.211 e. The average Bonchev–Trinajstić information content (AvgIpc) is 2.55. The van der Waals surface area contributed by atoms with Gasteiger partial charge in [-0.2, -0.15) is 9.98 Å². The first-order valence-corrected chi connectivity index (χ1v) is 7.16. The third-order valence-electron chi connectivity index (χ3n) is 3.46. The normalized spacial score (nSPS) is 9.64. The summed E-state index contributed by atoms with van der Waals surface area (Å²) in [5.41, 5.74) is 3.46. The van der Waals surface area contributed by atoms with Crippen LogP contribution in [0.2, 0.25) is 0 Å². The van der Waals surface area contributed by atoms with Crippen molar-refractivity contribution in [1.29, 1.82) is 0 Å². The molecule has 0 unspecified atom stereocenters. The molecular weight excluding hydrogens is 276 g/mol. The number of aliphatic imine (C=N–C) groups is 2. The standard InChI is InChI=1S/C18H16N2O2/c21-13-19-17-11-5-3-9-15(17)7-1-2-8-16-10-4-6-12-18(16)20-14-22/h3-6,9-12H,1-2,7-8H2. The molecule has 4 nitrogen and oxygen atoms in total. The van der Waals surface area contributed by atoms with E-state index in [0.717, 1.165) is 36.8 Å². The van der Waals surface area contributed by atoms with Crippen molar-refractivity contribution < 1.29 is 9.59 Å². The Morgan fingerprint density at radius 1 is 0.682 bits per heavy atom. The average molecular weight is 292 g/mol. The van der Waals surface area contributed by atoms with E-state index in [1.54, 1.807) is 12.2 Å². The summed E-state index contributed by atoms with van der Waals surface area (Å²) in [5, 5.41) is 0. The molecule has 2 aromatic carbocycles. The van der Waals surface area contributed by atoms with E-state index in [0.29, 0.717) is 11.4 Å². The van der Waals surface area contributed by atoms with Crippen LogP contribution in [0.1, 0.15) is 24.0 Å². The fourth-order valence-electron chi connectivity index (χ4n) is 2.39. The predicted octanol–water partition coefficient (Wildman–Crippen LogP) is 4.19. The molecule has 4 heteroatoms. The van der Waals surface area contributed by atoms with Gasteiger partial charge >= 0.3 is 0 Å². The lowest BCUT2D eigenvalue weighted by molar-refractivity contribution is 0.564. The molecule has 0 aliphatic heterocycles.